The number of aromatic nitrogens is 3. The standard InChI is InChI=1S/C18H18N4O3/c1-23-15-9-13(10-16(24-2)17(15)25-3)11-20-22-12-19-21-18(22)14-7-5-4-6-8-14/h4-12H,1-3H3/b20-11-. The first kappa shape index (κ1) is 16.5. The van der Waals surface area contributed by atoms with E-state index < -0.39 is 0 Å². The molecule has 0 aliphatic heterocycles. The number of benzene rings is 2. The quantitative estimate of drug-likeness (QED) is 0.646. The molecule has 0 N–H and O–H groups in total. The van der Waals surface area contributed by atoms with Crippen LogP contribution in [-0.4, -0.2) is 42.4 Å². The predicted octanol–water partition coefficient (Wildman–Crippen LogP) is 2.85. The number of ether oxygens (including phenoxy) is 3. The molecule has 25 heavy (non-hydrogen) atoms. The Balaban J connectivity index is 1.95. The molecule has 0 fully saturated rings. The lowest BCUT2D eigenvalue weighted by Crippen LogP contribution is -1.98. The molecule has 0 saturated carbocycles. The lowest BCUT2D eigenvalue weighted by Gasteiger charge is -2.12. The van der Waals surface area contributed by atoms with Crippen molar-refractivity contribution in [1.82, 2.24) is 14.9 Å². The molecule has 0 amide bonds. The molecular weight excluding hydrogens is 320 g/mol. The van der Waals surface area contributed by atoms with E-state index >= 15 is 0 Å². The zero-order chi connectivity index (χ0) is 17.6. The van der Waals surface area contributed by atoms with E-state index in [-0.39, 0.29) is 0 Å². The third-order valence-electron chi connectivity index (χ3n) is 3.58. The summed E-state index contributed by atoms with van der Waals surface area (Å²) in [5.41, 5.74) is 1.73. The van der Waals surface area contributed by atoms with Crippen LogP contribution >= 0.6 is 0 Å². The van der Waals surface area contributed by atoms with Gasteiger partial charge in [0.1, 0.15) is 6.33 Å². The Morgan fingerprint density at radius 1 is 0.960 bits per heavy atom. The second-order valence-corrected chi connectivity index (χ2v) is 5.07. The zero-order valence-electron chi connectivity index (χ0n) is 14.2. The fourth-order valence-electron chi connectivity index (χ4n) is 2.40. The van der Waals surface area contributed by atoms with Crippen molar-refractivity contribution in [3.05, 3.63) is 54.4 Å². The van der Waals surface area contributed by atoms with Gasteiger partial charge in [0.05, 0.1) is 27.5 Å². The van der Waals surface area contributed by atoms with Crippen molar-refractivity contribution in [3.63, 3.8) is 0 Å². The summed E-state index contributed by atoms with van der Waals surface area (Å²) in [7, 11) is 4.72. The average Bonchev–Trinajstić information content (AvgIpc) is 3.14. The first-order valence-electron chi connectivity index (χ1n) is 7.56. The van der Waals surface area contributed by atoms with Crippen LogP contribution in [0.1, 0.15) is 5.56 Å². The number of nitrogens with zero attached hydrogens (tertiary/aromatic N) is 4. The SMILES string of the molecule is COc1cc(/C=N\n2cnnc2-c2ccccc2)cc(OC)c1OC. The van der Waals surface area contributed by atoms with Crippen LogP contribution in [0.5, 0.6) is 17.2 Å². The molecule has 1 aromatic heterocycles. The molecule has 0 radical (unpaired) electrons. The van der Waals surface area contributed by atoms with Gasteiger partial charge in [-0.15, -0.1) is 10.2 Å². The van der Waals surface area contributed by atoms with Gasteiger partial charge in [-0.25, -0.2) is 0 Å². The molecule has 0 spiro atoms. The summed E-state index contributed by atoms with van der Waals surface area (Å²) in [4.78, 5) is 0. The van der Waals surface area contributed by atoms with E-state index in [0.29, 0.717) is 23.1 Å². The topological polar surface area (TPSA) is 70.8 Å². The molecule has 7 nitrogen and oxygen atoms in total. The fraction of sp³-hybridized carbons (Fsp3) is 0.167. The summed E-state index contributed by atoms with van der Waals surface area (Å²) in [5.74, 6) is 2.33. The van der Waals surface area contributed by atoms with E-state index in [1.54, 1.807) is 38.5 Å². The van der Waals surface area contributed by atoms with Crippen molar-refractivity contribution >= 4 is 6.21 Å². The van der Waals surface area contributed by atoms with Crippen LogP contribution in [0, 0.1) is 0 Å². The minimum Gasteiger partial charge on any atom is -0.493 e. The molecule has 0 saturated heterocycles. The van der Waals surface area contributed by atoms with Crippen molar-refractivity contribution in [2.75, 3.05) is 21.3 Å². The summed E-state index contributed by atoms with van der Waals surface area (Å²) in [6, 6.07) is 13.4. The van der Waals surface area contributed by atoms with Gasteiger partial charge in [-0.05, 0) is 12.1 Å². The Morgan fingerprint density at radius 2 is 1.64 bits per heavy atom. The molecule has 0 bridgehead atoms. The van der Waals surface area contributed by atoms with Gasteiger partial charge in [0.15, 0.2) is 17.3 Å². The second-order valence-electron chi connectivity index (χ2n) is 5.07. The maximum Gasteiger partial charge on any atom is 0.203 e. The molecule has 0 atom stereocenters. The molecule has 3 rings (SSSR count). The third-order valence-corrected chi connectivity index (χ3v) is 3.58. The van der Waals surface area contributed by atoms with Crippen LogP contribution in [0.15, 0.2) is 53.9 Å². The molecule has 0 unspecified atom stereocenters. The van der Waals surface area contributed by atoms with Gasteiger partial charge in [-0.1, -0.05) is 30.3 Å². The fourth-order valence-corrected chi connectivity index (χ4v) is 2.40. The van der Waals surface area contributed by atoms with Crippen LogP contribution in [0.4, 0.5) is 0 Å². The van der Waals surface area contributed by atoms with Gasteiger partial charge in [0.2, 0.25) is 5.75 Å². The Kier molecular flexibility index (Phi) is 4.94. The highest BCUT2D eigenvalue weighted by Gasteiger charge is 2.12. The highest BCUT2D eigenvalue weighted by molar-refractivity contribution is 5.82. The Hall–Kier alpha value is -3.35. The summed E-state index contributed by atoms with van der Waals surface area (Å²) >= 11 is 0. The number of hydrogen-bond acceptors (Lipinski definition) is 6. The number of hydrogen-bond donors (Lipinski definition) is 0. The summed E-state index contributed by atoms with van der Waals surface area (Å²) in [6.45, 7) is 0. The van der Waals surface area contributed by atoms with Crippen LogP contribution in [0.3, 0.4) is 0 Å². The van der Waals surface area contributed by atoms with Crippen molar-refractivity contribution < 1.29 is 14.2 Å². The van der Waals surface area contributed by atoms with Crippen LogP contribution in [0.25, 0.3) is 11.4 Å². The van der Waals surface area contributed by atoms with Gasteiger partial charge >= 0.3 is 0 Å². The minimum absolute atomic E-state index is 0.538. The highest BCUT2D eigenvalue weighted by atomic mass is 16.5. The largest absolute Gasteiger partial charge is 0.493 e. The smallest absolute Gasteiger partial charge is 0.203 e. The molecule has 1 heterocycles. The first-order valence-corrected chi connectivity index (χ1v) is 7.56. The molecule has 3 aromatic rings. The molecule has 2 aromatic carbocycles. The van der Waals surface area contributed by atoms with E-state index in [2.05, 4.69) is 15.3 Å². The Morgan fingerprint density at radius 3 is 2.24 bits per heavy atom. The van der Waals surface area contributed by atoms with Crippen LogP contribution in [0.2, 0.25) is 0 Å². The van der Waals surface area contributed by atoms with Crippen molar-refractivity contribution in [2.24, 2.45) is 5.10 Å². The summed E-state index contributed by atoms with van der Waals surface area (Å²) in [6.07, 6.45) is 3.23. The molecule has 0 aliphatic rings. The molecule has 0 aliphatic carbocycles. The second kappa shape index (κ2) is 7.48. The van der Waals surface area contributed by atoms with Crippen molar-refractivity contribution in [3.8, 4) is 28.6 Å². The van der Waals surface area contributed by atoms with Crippen molar-refractivity contribution in [1.29, 1.82) is 0 Å². The van der Waals surface area contributed by atoms with Crippen molar-refractivity contribution in [2.45, 2.75) is 0 Å². The maximum absolute atomic E-state index is 5.35. The van der Waals surface area contributed by atoms with E-state index in [1.807, 2.05) is 42.5 Å². The first-order chi connectivity index (χ1) is 12.3. The van der Waals surface area contributed by atoms with E-state index in [1.165, 1.54) is 0 Å². The normalized spacial score (nSPS) is 10.8. The Labute approximate surface area is 145 Å². The predicted molar refractivity (Wildman–Crippen MR) is 94.5 cm³/mol. The highest BCUT2D eigenvalue weighted by Crippen LogP contribution is 2.37. The summed E-state index contributed by atoms with van der Waals surface area (Å²) < 4.78 is 17.6. The number of rotatable bonds is 6. The minimum atomic E-state index is 0.538. The molecular formula is C18H18N4O3. The summed E-state index contributed by atoms with van der Waals surface area (Å²) in [5, 5.41) is 12.5. The van der Waals surface area contributed by atoms with Crippen LogP contribution < -0.4 is 14.2 Å². The Bertz CT molecular complexity index is 850. The average molecular weight is 338 g/mol. The lowest BCUT2D eigenvalue weighted by atomic mass is 10.2. The monoisotopic (exact) mass is 338 g/mol. The van der Waals surface area contributed by atoms with Gasteiger partial charge < -0.3 is 14.2 Å². The zero-order valence-corrected chi connectivity index (χ0v) is 14.2. The van der Waals surface area contributed by atoms with Gasteiger partial charge in [0, 0.05) is 11.1 Å². The lowest BCUT2D eigenvalue weighted by molar-refractivity contribution is 0.324. The van der Waals surface area contributed by atoms with E-state index in [4.69, 9.17) is 14.2 Å². The number of methoxy groups -OCH3 is 3. The molecule has 7 heteroatoms. The van der Waals surface area contributed by atoms with Gasteiger partial charge in [-0.2, -0.15) is 9.78 Å². The van der Waals surface area contributed by atoms with Crippen LogP contribution in [-0.2, 0) is 0 Å². The van der Waals surface area contributed by atoms with E-state index in [0.717, 1.165) is 11.1 Å². The molecule has 128 valence electrons. The maximum atomic E-state index is 5.35. The van der Waals surface area contributed by atoms with Gasteiger partial charge in [0.25, 0.3) is 0 Å². The third kappa shape index (κ3) is 3.45. The van der Waals surface area contributed by atoms with E-state index in [9.17, 15) is 0 Å². The van der Waals surface area contributed by atoms with Gasteiger partial charge in [-0.3, -0.25) is 0 Å².